The van der Waals surface area contributed by atoms with Crippen molar-refractivity contribution in [3.8, 4) is 0 Å². The normalized spacial score (nSPS) is 18.0. The van der Waals surface area contributed by atoms with Crippen molar-refractivity contribution >= 4 is 0 Å². The first kappa shape index (κ1) is 8.80. The molecule has 0 aromatic rings. The third-order valence-corrected chi connectivity index (χ3v) is 0.649. The van der Waals surface area contributed by atoms with Crippen LogP contribution in [-0.2, 0) is 4.84 Å². The molecule has 0 aliphatic rings. The van der Waals surface area contributed by atoms with E-state index >= 15 is 0 Å². The number of rotatable bonds is 3. The van der Waals surface area contributed by atoms with Gasteiger partial charge in [-0.15, -0.1) is 0 Å². The first-order chi connectivity index (χ1) is 4.04. The molecule has 0 aromatic heterocycles. The minimum atomic E-state index is -0.537. The van der Waals surface area contributed by atoms with E-state index in [1.165, 1.54) is 7.05 Å². The fraction of sp³-hybridized carbons (Fsp3) is 1.00. The highest BCUT2D eigenvalue weighted by atomic mass is 16.9. The second kappa shape index (κ2) is 3.76. The summed E-state index contributed by atoms with van der Waals surface area (Å²) < 4.78 is 0. The molecule has 5 nitrogen and oxygen atoms in total. The van der Waals surface area contributed by atoms with Crippen LogP contribution in [0.3, 0.4) is 0 Å². The monoisotopic (exact) mass is 135 g/mol. The summed E-state index contributed by atoms with van der Waals surface area (Å²) in [6, 6.07) is 0. The van der Waals surface area contributed by atoms with Crippen molar-refractivity contribution < 1.29 is 15.3 Å². The predicted molar refractivity (Wildman–Crippen MR) is 31.8 cm³/mol. The van der Waals surface area contributed by atoms with Crippen LogP contribution in [-0.4, -0.2) is 13.2 Å². The standard InChI is InChI=1S/C4H13N3O2/c1-4(2)9-7(8)6(3)5/h4-7H,1-3H3. The summed E-state index contributed by atoms with van der Waals surface area (Å²) in [5.41, 5.74) is 0. The van der Waals surface area contributed by atoms with Crippen molar-refractivity contribution in [3.63, 3.8) is 0 Å². The third-order valence-electron chi connectivity index (χ3n) is 0.649. The molecule has 0 fully saturated rings. The molecule has 0 radical (unpaired) electrons. The Bertz CT molecular complexity index is 76.2. The molecule has 0 aromatic carbocycles. The van der Waals surface area contributed by atoms with Crippen molar-refractivity contribution in [1.29, 1.82) is 0 Å². The van der Waals surface area contributed by atoms with E-state index in [1.807, 2.05) is 0 Å². The smallest absolute Gasteiger partial charge is 0.118 e. The molecule has 0 bridgehead atoms. The molecule has 0 amide bonds. The van der Waals surface area contributed by atoms with Gasteiger partial charge in [0.15, 0.2) is 0 Å². The highest BCUT2D eigenvalue weighted by molar-refractivity contribution is 4.24. The van der Waals surface area contributed by atoms with E-state index in [0.29, 0.717) is 0 Å². The van der Waals surface area contributed by atoms with Gasteiger partial charge in [0.1, 0.15) is 13.2 Å². The van der Waals surface area contributed by atoms with Gasteiger partial charge in [0.05, 0.1) is 0 Å². The van der Waals surface area contributed by atoms with E-state index in [4.69, 9.17) is 5.84 Å². The zero-order chi connectivity index (χ0) is 7.44. The Balaban J connectivity index is 3.38. The van der Waals surface area contributed by atoms with E-state index in [2.05, 4.69) is 4.84 Å². The van der Waals surface area contributed by atoms with Gasteiger partial charge in [-0.05, 0) is 13.8 Å². The topological polar surface area (TPSA) is 65.0 Å². The molecule has 0 rings (SSSR count). The molecular formula is C4H13N3O2. The van der Waals surface area contributed by atoms with Gasteiger partial charge in [0.2, 0.25) is 0 Å². The molecule has 0 aliphatic heterocycles. The van der Waals surface area contributed by atoms with Crippen LogP contribution in [0.5, 0.6) is 0 Å². The lowest BCUT2D eigenvalue weighted by molar-refractivity contribution is -1.54. The van der Waals surface area contributed by atoms with Gasteiger partial charge in [-0.25, -0.2) is 5.12 Å². The third kappa shape index (κ3) is 4.31. The Morgan fingerprint density at radius 2 is 2.00 bits per heavy atom. The van der Waals surface area contributed by atoms with E-state index in [9.17, 15) is 5.21 Å². The molecule has 0 heterocycles. The average molecular weight is 135 g/mol. The van der Waals surface area contributed by atoms with E-state index in [0.717, 1.165) is 0 Å². The molecule has 9 heavy (non-hydrogen) atoms. The minimum absolute atomic E-state index is 0.0521. The Morgan fingerprint density at radius 1 is 1.56 bits per heavy atom. The Kier molecular flexibility index (Phi) is 3.67. The molecule has 2 unspecified atom stereocenters. The zero-order valence-corrected chi connectivity index (χ0v) is 5.89. The van der Waals surface area contributed by atoms with Crippen LogP contribution in [0.4, 0.5) is 0 Å². The first-order valence-corrected chi connectivity index (χ1v) is 2.80. The van der Waals surface area contributed by atoms with Gasteiger partial charge in [-0.3, -0.25) is 0 Å². The van der Waals surface area contributed by atoms with Crippen molar-refractivity contribution in [1.82, 2.24) is 0 Å². The number of hydrogen-bond acceptors (Lipinski definition) is 2. The molecule has 0 saturated heterocycles. The molecule has 0 aliphatic carbocycles. The Labute approximate surface area is 54.4 Å². The Hall–Kier alpha value is -0.200. The molecule has 56 valence electrons. The lowest BCUT2D eigenvalue weighted by Crippen LogP contribution is -3.53. The van der Waals surface area contributed by atoms with Crippen molar-refractivity contribution in [2.24, 2.45) is 0 Å². The summed E-state index contributed by atoms with van der Waals surface area (Å²) >= 11 is 0. The van der Waals surface area contributed by atoms with Gasteiger partial charge in [0, 0.05) is 0 Å². The summed E-state index contributed by atoms with van der Waals surface area (Å²) in [5, 5.41) is 9.92. The summed E-state index contributed by atoms with van der Waals surface area (Å²) in [7, 11) is 1.41. The second-order valence-electron chi connectivity index (χ2n) is 2.08. The summed E-state index contributed by atoms with van der Waals surface area (Å²) in [4.78, 5) is 4.65. The predicted octanol–water partition coefficient (Wildman–Crippen LogP) is -1.89. The van der Waals surface area contributed by atoms with Crippen molar-refractivity contribution in [2.75, 3.05) is 7.05 Å². The fourth-order valence-electron chi connectivity index (χ4n) is 0.302. The fourth-order valence-corrected chi connectivity index (χ4v) is 0.302. The van der Waals surface area contributed by atoms with Crippen LogP contribution >= 0.6 is 0 Å². The van der Waals surface area contributed by atoms with Crippen LogP contribution in [0.15, 0.2) is 0 Å². The van der Waals surface area contributed by atoms with Gasteiger partial charge in [-0.1, -0.05) is 5.34 Å². The lowest BCUT2D eigenvalue weighted by Gasteiger charge is -2.27. The van der Waals surface area contributed by atoms with E-state index < -0.39 is 5.34 Å². The maximum Gasteiger partial charge on any atom is 0.118 e. The maximum absolute atomic E-state index is 10.5. The second-order valence-corrected chi connectivity index (χ2v) is 2.08. The summed E-state index contributed by atoms with van der Waals surface area (Å²) in [6.45, 7) is 3.50. The van der Waals surface area contributed by atoms with E-state index in [-0.39, 0.29) is 11.2 Å². The van der Waals surface area contributed by atoms with Gasteiger partial charge in [-0.2, -0.15) is 4.84 Å². The molecule has 0 spiro atoms. The average Bonchev–Trinajstić information content (AvgIpc) is 1.63. The highest BCUT2D eigenvalue weighted by Gasteiger charge is 2.02. The largest absolute Gasteiger partial charge is 0.550 e. The van der Waals surface area contributed by atoms with Crippen molar-refractivity contribution in [2.45, 2.75) is 20.0 Å². The van der Waals surface area contributed by atoms with Gasteiger partial charge < -0.3 is 11.0 Å². The summed E-state index contributed by atoms with van der Waals surface area (Å²) in [6.07, 6.45) is -0.127. The molecule has 2 atom stereocenters. The van der Waals surface area contributed by atoms with Crippen LogP contribution in [0.1, 0.15) is 13.8 Å². The van der Waals surface area contributed by atoms with Crippen molar-refractivity contribution in [3.05, 3.63) is 11.0 Å². The molecule has 0 saturated carbocycles. The number of nitrogens with one attached hydrogen (secondary N) is 3. The molecular weight excluding hydrogens is 122 g/mol. The lowest BCUT2D eigenvalue weighted by atomic mass is 10.5. The molecule has 5 heteroatoms. The SMILES string of the molecule is CC(C)O[NH+]([O-])[NH+](C)[NH-]. The zero-order valence-electron chi connectivity index (χ0n) is 5.89. The van der Waals surface area contributed by atoms with Gasteiger partial charge in [0.25, 0.3) is 0 Å². The first-order valence-electron chi connectivity index (χ1n) is 2.80. The number of hydrogen-bond donors (Lipinski definition) is 2. The van der Waals surface area contributed by atoms with Crippen LogP contribution in [0.2, 0.25) is 0 Å². The highest BCUT2D eigenvalue weighted by Crippen LogP contribution is 1.74. The van der Waals surface area contributed by atoms with Crippen LogP contribution in [0, 0.1) is 5.21 Å². The summed E-state index contributed by atoms with van der Waals surface area (Å²) in [5.74, 6) is 6.82. The van der Waals surface area contributed by atoms with E-state index in [1.54, 1.807) is 13.8 Å². The number of quaternary nitrogens is 2. The quantitative estimate of drug-likeness (QED) is 0.444. The maximum atomic E-state index is 10.5. The minimum Gasteiger partial charge on any atom is -0.550 e. The van der Waals surface area contributed by atoms with Crippen LogP contribution in [0.25, 0.3) is 5.84 Å². The Morgan fingerprint density at radius 3 is 2.11 bits per heavy atom. The van der Waals surface area contributed by atoms with Crippen LogP contribution < -0.4 is 10.5 Å². The molecule has 3 N–H and O–H groups in total. The van der Waals surface area contributed by atoms with Gasteiger partial charge >= 0.3 is 0 Å².